The highest BCUT2D eigenvalue weighted by atomic mass is 32.1. The van der Waals surface area contributed by atoms with Crippen LogP contribution >= 0.6 is 11.3 Å². The molecule has 0 spiro atoms. The molecule has 0 aliphatic rings. The average molecular weight is 298 g/mol. The normalized spacial score (nSPS) is 11.3. The zero-order chi connectivity index (χ0) is 14.5. The fraction of sp³-hybridized carbons (Fsp3) is 0.357. The lowest BCUT2D eigenvalue weighted by Gasteiger charge is -2.05. The summed E-state index contributed by atoms with van der Waals surface area (Å²) in [6, 6.07) is 6.93. The fourth-order valence-corrected chi connectivity index (χ4v) is 2.47. The van der Waals surface area contributed by atoms with Crippen LogP contribution in [0.2, 0.25) is 0 Å². The molecule has 0 bridgehead atoms. The third-order valence-electron chi connectivity index (χ3n) is 2.56. The Morgan fingerprint density at radius 2 is 1.95 bits per heavy atom. The predicted octanol–water partition coefficient (Wildman–Crippen LogP) is 3.91. The number of rotatable bonds is 6. The van der Waals surface area contributed by atoms with Gasteiger partial charge in [0.1, 0.15) is 10.8 Å². The molecule has 0 aliphatic carbocycles. The van der Waals surface area contributed by atoms with Crippen molar-refractivity contribution < 1.29 is 13.5 Å². The first-order chi connectivity index (χ1) is 9.54. The molecule has 6 heteroatoms. The maximum atomic E-state index is 12.1. The lowest BCUT2D eigenvalue weighted by atomic mass is 10.2. The number of halogens is 2. The Hall–Kier alpha value is -1.53. The van der Waals surface area contributed by atoms with Gasteiger partial charge in [0.25, 0.3) is 0 Å². The maximum Gasteiger partial charge on any atom is 0.387 e. The first-order valence-corrected chi connectivity index (χ1v) is 7.09. The van der Waals surface area contributed by atoms with Gasteiger partial charge in [-0.2, -0.15) is 8.78 Å². The number of thiazole rings is 1. The van der Waals surface area contributed by atoms with Crippen LogP contribution in [0.1, 0.15) is 18.7 Å². The van der Waals surface area contributed by atoms with Crippen molar-refractivity contribution in [1.82, 2.24) is 10.3 Å². The van der Waals surface area contributed by atoms with Crippen molar-refractivity contribution in [1.29, 1.82) is 0 Å². The first-order valence-electron chi connectivity index (χ1n) is 6.28. The van der Waals surface area contributed by atoms with Crippen LogP contribution in [0.3, 0.4) is 0 Å². The SMILES string of the molecule is CC(C)NCc1cnc(-c2ccc(OC(F)F)cc2)s1. The number of benzene rings is 1. The Kier molecular flexibility index (Phi) is 5.03. The highest BCUT2D eigenvalue weighted by Gasteiger charge is 2.07. The van der Waals surface area contributed by atoms with E-state index in [2.05, 4.69) is 28.9 Å². The molecule has 0 aliphatic heterocycles. The van der Waals surface area contributed by atoms with Crippen LogP contribution in [-0.4, -0.2) is 17.6 Å². The molecule has 0 radical (unpaired) electrons. The largest absolute Gasteiger partial charge is 0.435 e. The lowest BCUT2D eigenvalue weighted by molar-refractivity contribution is -0.0498. The quantitative estimate of drug-likeness (QED) is 0.878. The summed E-state index contributed by atoms with van der Waals surface area (Å²) in [4.78, 5) is 5.48. The van der Waals surface area contributed by atoms with Crippen LogP contribution in [0.4, 0.5) is 8.78 Å². The molecule has 1 heterocycles. The van der Waals surface area contributed by atoms with Crippen molar-refractivity contribution in [3.8, 4) is 16.3 Å². The minimum absolute atomic E-state index is 0.155. The van der Waals surface area contributed by atoms with Gasteiger partial charge in [-0.05, 0) is 24.3 Å². The van der Waals surface area contributed by atoms with E-state index < -0.39 is 6.61 Å². The standard InChI is InChI=1S/C14H16F2N2OS/c1-9(2)17-7-12-8-18-13(20-12)10-3-5-11(6-4-10)19-14(15)16/h3-6,8-9,14,17H,7H2,1-2H3. The van der Waals surface area contributed by atoms with Gasteiger partial charge in [0.05, 0.1) is 0 Å². The Morgan fingerprint density at radius 3 is 2.55 bits per heavy atom. The third-order valence-corrected chi connectivity index (χ3v) is 3.61. The molecule has 0 fully saturated rings. The van der Waals surface area contributed by atoms with E-state index in [0.29, 0.717) is 6.04 Å². The van der Waals surface area contributed by atoms with E-state index in [1.807, 2.05) is 6.20 Å². The molecule has 2 aromatic rings. The average Bonchev–Trinajstić information content (AvgIpc) is 2.85. The fourth-order valence-electron chi connectivity index (χ4n) is 1.61. The highest BCUT2D eigenvalue weighted by Crippen LogP contribution is 2.27. The zero-order valence-electron chi connectivity index (χ0n) is 11.3. The van der Waals surface area contributed by atoms with Crippen LogP contribution in [0.15, 0.2) is 30.5 Å². The van der Waals surface area contributed by atoms with Crippen LogP contribution in [0, 0.1) is 0 Å². The van der Waals surface area contributed by atoms with Gasteiger partial charge in [-0.25, -0.2) is 4.98 Å². The van der Waals surface area contributed by atoms with Gasteiger partial charge < -0.3 is 10.1 Å². The summed E-state index contributed by atoms with van der Waals surface area (Å²) in [5.41, 5.74) is 0.896. The number of hydrogen-bond acceptors (Lipinski definition) is 4. The predicted molar refractivity (Wildman–Crippen MR) is 76.2 cm³/mol. The molecule has 0 unspecified atom stereocenters. The number of hydrogen-bond donors (Lipinski definition) is 1. The smallest absolute Gasteiger partial charge is 0.387 e. The van der Waals surface area contributed by atoms with Gasteiger partial charge in [0.2, 0.25) is 0 Å². The summed E-state index contributed by atoms with van der Waals surface area (Å²) in [5, 5.41) is 4.19. The van der Waals surface area contributed by atoms with E-state index in [1.165, 1.54) is 12.1 Å². The Bertz CT molecular complexity index is 540. The third kappa shape index (κ3) is 4.25. The van der Waals surface area contributed by atoms with Gasteiger partial charge in [-0.1, -0.05) is 13.8 Å². The van der Waals surface area contributed by atoms with Gasteiger partial charge in [0.15, 0.2) is 0 Å². The summed E-state index contributed by atoms with van der Waals surface area (Å²) in [7, 11) is 0. The summed E-state index contributed by atoms with van der Waals surface area (Å²) in [6.45, 7) is 2.16. The molecule has 0 atom stereocenters. The van der Waals surface area contributed by atoms with Crippen molar-refractivity contribution in [2.75, 3.05) is 0 Å². The maximum absolute atomic E-state index is 12.1. The Morgan fingerprint density at radius 1 is 1.25 bits per heavy atom. The highest BCUT2D eigenvalue weighted by molar-refractivity contribution is 7.15. The Labute approximate surface area is 120 Å². The van der Waals surface area contributed by atoms with Crippen LogP contribution in [0.5, 0.6) is 5.75 Å². The molecule has 108 valence electrons. The van der Waals surface area contributed by atoms with Gasteiger partial charge >= 0.3 is 6.61 Å². The molecule has 1 aromatic carbocycles. The number of nitrogens with one attached hydrogen (secondary N) is 1. The monoisotopic (exact) mass is 298 g/mol. The molecule has 2 rings (SSSR count). The first kappa shape index (κ1) is 14.9. The van der Waals surface area contributed by atoms with Crippen LogP contribution in [-0.2, 0) is 6.54 Å². The Balaban J connectivity index is 2.04. The number of aromatic nitrogens is 1. The topological polar surface area (TPSA) is 34.2 Å². The lowest BCUT2D eigenvalue weighted by Crippen LogP contribution is -2.21. The van der Waals surface area contributed by atoms with Gasteiger partial charge in [0, 0.05) is 29.2 Å². The van der Waals surface area contributed by atoms with Crippen LogP contribution in [0.25, 0.3) is 10.6 Å². The van der Waals surface area contributed by atoms with Gasteiger partial charge in [-0.15, -0.1) is 11.3 Å². The summed E-state index contributed by atoms with van der Waals surface area (Å²) in [6.07, 6.45) is 1.83. The minimum Gasteiger partial charge on any atom is -0.435 e. The van der Waals surface area contributed by atoms with E-state index >= 15 is 0 Å². The van der Waals surface area contributed by atoms with Crippen molar-refractivity contribution in [2.45, 2.75) is 33.0 Å². The van der Waals surface area contributed by atoms with E-state index in [0.717, 1.165) is 22.0 Å². The second-order valence-electron chi connectivity index (χ2n) is 4.57. The van der Waals surface area contributed by atoms with E-state index in [1.54, 1.807) is 23.5 Å². The van der Waals surface area contributed by atoms with Crippen molar-refractivity contribution in [3.05, 3.63) is 35.3 Å². The van der Waals surface area contributed by atoms with E-state index in [4.69, 9.17) is 0 Å². The van der Waals surface area contributed by atoms with Crippen molar-refractivity contribution in [2.24, 2.45) is 0 Å². The number of alkyl halides is 2. The van der Waals surface area contributed by atoms with Crippen LogP contribution < -0.4 is 10.1 Å². The second kappa shape index (κ2) is 6.76. The van der Waals surface area contributed by atoms with E-state index in [9.17, 15) is 8.78 Å². The molecule has 20 heavy (non-hydrogen) atoms. The molecule has 1 aromatic heterocycles. The molecule has 0 saturated carbocycles. The van der Waals surface area contributed by atoms with E-state index in [-0.39, 0.29) is 5.75 Å². The summed E-state index contributed by atoms with van der Waals surface area (Å²) in [5.74, 6) is 0.155. The number of ether oxygens (including phenoxy) is 1. The van der Waals surface area contributed by atoms with Crippen molar-refractivity contribution in [3.63, 3.8) is 0 Å². The van der Waals surface area contributed by atoms with Crippen molar-refractivity contribution >= 4 is 11.3 Å². The second-order valence-corrected chi connectivity index (χ2v) is 5.69. The number of nitrogens with zero attached hydrogens (tertiary/aromatic N) is 1. The molecular formula is C14H16F2N2OS. The molecule has 0 amide bonds. The summed E-state index contributed by atoms with van der Waals surface area (Å²) < 4.78 is 28.4. The molecule has 1 N–H and O–H groups in total. The molecule has 0 saturated heterocycles. The summed E-state index contributed by atoms with van der Waals surface area (Å²) >= 11 is 1.59. The molecule has 3 nitrogen and oxygen atoms in total. The van der Waals surface area contributed by atoms with Gasteiger partial charge in [-0.3, -0.25) is 0 Å². The zero-order valence-corrected chi connectivity index (χ0v) is 12.1. The minimum atomic E-state index is -2.80. The molecular weight excluding hydrogens is 282 g/mol.